The molecule has 0 amide bonds. The molecule has 0 aliphatic heterocycles. The number of aliphatic imine (C=N–C) groups is 1. The first-order valence-electron chi connectivity index (χ1n) is 9.69. The molecule has 2 aliphatic rings. The van der Waals surface area contributed by atoms with Gasteiger partial charge in [-0.2, -0.15) is 0 Å². The van der Waals surface area contributed by atoms with Crippen molar-refractivity contribution >= 4 is 17.3 Å². The first-order chi connectivity index (χ1) is 13.0. The van der Waals surface area contributed by atoms with Crippen molar-refractivity contribution < 1.29 is 24.3 Å². The van der Waals surface area contributed by atoms with E-state index in [1.54, 1.807) is 0 Å². The fourth-order valence-electron chi connectivity index (χ4n) is 3.68. The largest absolute Gasteiger partial charge is 0.511 e. The topological polar surface area (TPSA) is 113 Å². The van der Waals surface area contributed by atoms with Crippen LogP contribution in [0.15, 0.2) is 20.8 Å². The Labute approximate surface area is 158 Å². The van der Waals surface area contributed by atoms with E-state index in [0.29, 0.717) is 74.1 Å². The maximum absolute atomic E-state index is 12.4. The highest BCUT2D eigenvalue weighted by Gasteiger charge is 2.29. The second-order valence-electron chi connectivity index (χ2n) is 7.12. The van der Waals surface area contributed by atoms with Gasteiger partial charge >= 0.3 is 0 Å². The van der Waals surface area contributed by atoms with Crippen LogP contribution < -0.4 is 0 Å². The van der Waals surface area contributed by atoms with E-state index in [-0.39, 0.29) is 35.5 Å². The number of aromatic nitrogens is 1. The standard InChI is InChI=1S/C20H26N2O5/c1-2-12(11-23)21-13(19-15(24)5-3-6-16(19)25)9-10-14-20-17(26)7-4-8-18(20)27-22-14/h12,23-24H,2-11H2,1H3. The number of fused-ring (bicyclic) bond motifs is 1. The molecule has 3 rings (SSSR count). The number of nitrogens with zero attached hydrogens (tertiary/aromatic N) is 2. The number of hydrogen-bond acceptors (Lipinski definition) is 7. The Morgan fingerprint density at radius 1 is 1.19 bits per heavy atom. The van der Waals surface area contributed by atoms with Crippen molar-refractivity contribution in [2.45, 2.75) is 70.8 Å². The predicted molar refractivity (Wildman–Crippen MR) is 99.2 cm³/mol. The van der Waals surface area contributed by atoms with E-state index < -0.39 is 0 Å². The minimum atomic E-state index is -0.331. The molecule has 0 fully saturated rings. The molecule has 7 heteroatoms. The monoisotopic (exact) mass is 374 g/mol. The molecule has 0 radical (unpaired) electrons. The Hall–Kier alpha value is -2.28. The molecule has 0 spiro atoms. The number of allylic oxidation sites excluding steroid dienone is 2. The fraction of sp³-hybridized carbons (Fsp3) is 0.600. The van der Waals surface area contributed by atoms with E-state index in [2.05, 4.69) is 10.1 Å². The van der Waals surface area contributed by atoms with Crippen LogP contribution in [0, 0.1) is 0 Å². The third-order valence-electron chi connectivity index (χ3n) is 5.21. The molecule has 146 valence electrons. The highest BCUT2D eigenvalue weighted by Crippen LogP contribution is 2.27. The second kappa shape index (κ2) is 8.61. The van der Waals surface area contributed by atoms with Gasteiger partial charge in [0.25, 0.3) is 0 Å². The van der Waals surface area contributed by atoms with Crippen LogP contribution in [0.4, 0.5) is 0 Å². The quantitative estimate of drug-likeness (QED) is 0.710. The minimum absolute atomic E-state index is 0.0450. The van der Waals surface area contributed by atoms with Gasteiger partial charge in [-0.15, -0.1) is 0 Å². The lowest BCUT2D eigenvalue weighted by atomic mass is 9.89. The zero-order chi connectivity index (χ0) is 19.4. The summed E-state index contributed by atoms with van der Waals surface area (Å²) in [4.78, 5) is 29.2. The van der Waals surface area contributed by atoms with E-state index in [4.69, 9.17) is 4.52 Å². The summed E-state index contributed by atoms with van der Waals surface area (Å²) in [6.45, 7) is 1.78. The average molecular weight is 374 g/mol. The molecular formula is C20H26N2O5. The van der Waals surface area contributed by atoms with Crippen LogP contribution in [0.2, 0.25) is 0 Å². The molecule has 2 N–H and O–H groups in total. The number of carbonyl (C=O) groups excluding carboxylic acids is 2. The van der Waals surface area contributed by atoms with Gasteiger partial charge in [0, 0.05) is 31.4 Å². The van der Waals surface area contributed by atoms with Gasteiger partial charge in [-0.05, 0) is 32.1 Å². The maximum Gasteiger partial charge on any atom is 0.168 e. The van der Waals surface area contributed by atoms with E-state index in [0.717, 1.165) is 6.42 Å². The van der Waals surface area contributed by atoms with Crippen LogP contribution in [-0.4, -0.2) is 45.3 Å². The van der Waals surface area contributed by atoms with Crippen molar-refractivity contribution in [1.82, 2.24) is 5.16 Å². The fourth-order valence-corrected chi connectivity index (χ4v) is 3.68. The Kier molecular flexibility index (Phi) is 6.21. The van der Waals surface area contributed by atoms with Gasteiger partial charge in [0.2, 0.25) is 0 Å². The van der Waals surface area contributed by atoms with E-state index in [1.807, 2.05) is 6.92 Å². The number of carbonyl (C=O) groups is 2. The summed E-state index contributed by atoms with van der Waals surface area (Å²) in [7, 11) is 0. The Bertz CT molecular complexity index is 786. The molecule has 1 unspecified atom stereocenters. The number of aliphatic hydroxyl groups excluding tert-OH is 2. The molecule has 0 saturated heterocycles. The SMILES string of the molecule is CCC(CO)N=C(CCc1noc2c1C(=O)CCC2)C1=C(O)CCCC1=O. The lowest BCUT2D eigenvalue weighted by molar-refractivity contribution is -0.115. The molecule has 7 nitrogen and oxygen atoms in total. The van der Waals surface area contributed by atoms with Crippen molar-refractivity contribution in [3.05, 3.63) is 28.3 Å². The molecule has 0 saturated carbocycles. The number of rotatable bonds is 7. The summed E-state index contributed by atoms with van der Waals surface area (Å²) in [5, 5.41) is 23.9. The second-order valence-corrected chi connectivity index (χ2v) is 7.12. The van der Waals surface area contributed by atoms with Gasteiger partial charge in [-0.3, -0.25) is 14.6 Å². The van der Waals surface area contributed by atoms with Crippen LogP contribution in [0.3, 0.4) is 0 Å². The van der Waals surface area contributed by atoms with E-state index in [1.165, 1.54) is 0 Å². The maximum atomic E-state index is 12.4. The molecular weight excluding hydrogens is 348 g/mol. The summed E-state index contributed by atoms with van der Waals surface area (Å²) in [6.07, 6.45) is 4.82. The average Bonchev–Trinajstić information content (AvgIpc) is 3.07. The van der Waals surface area contributed by atoms with Gasteiger partial charge < -0.3 is 14.7 Å². The molecule has 0 aromatic carbocycles. The van der Waals surface area contributed by atoms with Crippen molar-refractivity contribution in [3.8, 4) is 0 Å². The minimum Gasteiger partial charge on any atom is -0.511 e. The first kappa shape index (κ1) is 19.5. The summed E-state index contributed by atoms with van der Waals surface area (Å²) in [6, 6.07) is -0.331. The van der Waals surface area contributed by atoms with Crippen LogP contribution in [-0.2, 0) is 17.6 Å². The highest BCUT2D eigenvalue weighted by atomic mass is 16.5. The molecule has 2 aliphatic carbocycles. The van der Waals surface area contributed by atoms with Crippen molar-refractivity contribution in [2.75, 3.05) is 6.61 Å². The molecule has 1 aromatic heterocycles. The predicted octanol–water partition coefficient (Wildman–Crippen LogP) is 2.90. The summed E-state index contributed by atoms with van der Waals surface area (Å²) in [5.74, 6) is 0.625. The Balaban J connectivity index is 1.88. The molecule has 27 heavy (non-hydrogen) atoms. The summed E-state index contributed by atoms with van der Waals surface area (Å²) >= 11 is 0. The number of aryl methyl sites for hydroxylation is 2. The Morgan fingerprint density at radius 3 is 2.63 bits per heavy atom. The normalized spacial score (nSPS) is 19.4. The lowest BCUT2D eigenvalue weighted by Crippen LogP contribution is -2.23. The number of ketones is 2. The zero-order valence-electron chi connectivity index (χ0n) is 15.7. The van der Waals surface area contributed by atoms with Crippen LogP contribution in [0.5, 0.6) is 0 Å². The van der Waals surface area contributed by atoms with E-state index >= 15 is 0 Å². The van der Waals surface area contributed by atoms with Gasteiger partial charge in [0.05, 0.1) is 29.5 Å². The van der Waals surface area contributed by atoms with Crippen LogP contribution >= 0.6 is 0 Å². The van der Waals surface area contributed by atoms with Crippen molar-refractivity contribution in [2.24, 2.45) is 4.99 Å². The third-order valence-corrected chi connectivity index (χ3v) is 5.21. The summed E-state index contributed by atoms with van der Waals surface area (Å²) < 4.78 is 5.32. The van der Waals surface area contributed by atoms with Gasteiger partial charge in [0.15, 0.2) is 11.6 Å². The molecule has 1 aromatic rings. The van der Waals surface area contributed by atoms with Crippen LogP contribution in [0.1, 0.15) is 73.7 Å². The molecule has 0 bridgehead atoms. The number of aliphatic hydroxyl groups is 2. The zero-order valence-corrected chi connectivity index (χ0v) is 15.7. The van der Waals surface area contributed by atoms with Crippen LogP contribution in [0.25, 0.3) is 0 Å². The van der Waals surface area contributed by atoms with Crippen molar-refractivity contribution in [3.63, 3.8) is 0 Å². The lowest BCUT2D eigenvalue weighted by Gasteiger charge is -2.19. The smallest absolute Gasteiger partial charge is 0.168 e. The first-order valence-corrected chi connectivity index (χ1v) is 9.69. The molecule has 1 atom stereocenters. The number of Topliss-reactive ketones (excluding diaryl/α,β-unsaturated/α-hetero) is 2. The Morgan fingerprint density at radius 2 is 1.93 bits per heavy atom. The van der Waals surface area contributed by atoms with Gasteiger partial charge in [0.1, 0.15) is 11.5 Å². The van der Waals surface area contributed by atoms with Crippen molar-refractivity contribution in [1.29, 1.82) is 0 Å². The van der Waals surface area contributed by atoms with E-state index in [9.17, 15) is 19.8 Å². The van der Waals surface area contributed by atoms with Gasteiger partial charge in [-0.25, -0.2) is 0 Å². The number of hydrogen-bond donors (Lipinski definition) is 2. The highest BCUT2D eigenvalue weighted by molar-refractivity contribution is 6.23. The molecule has 1 heterocycles. The summed E-state index contributed by atoms with van der Waals surface area (Å²) in [5.41, 5.74) is 1.92. The van der Waals surface area contributed by atoms with Gasteiger partial charge in [-0.1, -0.05) is 12.1 Å². The third kappa shape index (κ3) is 4.18.